The molecule has 0 heterocycles. The highest BCUT2D eigenvalue weighted by atomic mass is 19.2. The van der Waals surface area contributed by atoms with Crippen LogP contribution in [0.5, 0.6) is 0 Å². The average Bonchev–Trinajstić information content (AvgIpc) is 2.27. The molecule has 0 amide bonds. The number of rotatable bonds is 3. The van der Waals surface area contributed by atoms with Gasteiger partial charge in [0.15, 0.2) is 23.3 Å². The normalized spacial score (nSPS) is 13.8. The van der Waals surface area contributed by atoms with Crippen LogP contribution in [0.2, 0.25) is 0 Å². The zero-order chi connectivity index (χ0) is 14.1. The smallest absolute Gasteiger partial charge is 0.197 e. The lowest BCUT2D eigenvalue weighted by Gasteiger charge is -2.31. The molecule has 0 saturated heterocycles. The summed E-state index contributed by atoms with van der Waals surface area (Å²) in [6.07, 6.45) is 1.34. The maximum Gasteiger partial charge on any atom is 0.197 e. The molecule has 18 heavy (non-hydrogen) atoms. The van der Waals surface area contributed by atoms with Gasteiger partial charge >= 0.3 is 0 Å². The Hall–Kier alpha value is -1.06. The van der Waals surface area contributed by atoms with E-state index in [0.29, 0.717) is 6.42 Å². The summed E-state index contributed by atoms with van der Waals surface area (Å²) >= 11 is 0. The van der Waals surface area contributed by atoms with E-state index in [4.69, 9.17) is 0 Å². The van der Waals surface area contributed by atoms with E-state index in [9.17, 15) is 17.6 Å². The average molecular weight is 262 g/mol. The number of benzene rings is 1. The number of hydrogen-bond donors (Lipinski definition) is 0. The molecule has 0 radical (unpaired) electrons. The minimum atomic E-state index is -1.75. The highest BCUT2D eigenvalue weighted by Gasteiger charge is 2.31. The van der Waals surface area contributed by atoms with E-state index in [1.165, 1.54) is 0 Å². The first-order chi connectivity index (χ1) is 8.20. The van der Waals surface area contributed by atoms with Crippen molar-refractivity contribution in [2.24, 2.45) is 5.41 Å². The first-order valence-electron chi connectivity index (χ1n) is 6.03. The van der Waals surface area contributed by atoms with E-state index in [1.54, 1.807) is 0 Å². The van der Waals surface area contributed by atoms with Crippen molar-refractivity contribution in [2.75, 3.05) is 0 Å². The molecule has 0 aliphatic carbocycles. The van der Waals surface area contributed by atoms with Crippen LogP contribution in [0.25, 0.3) is 0 Å². The van der Waals surface area contributed by atoms with Crippen LogP contribution in [0, 0.1) is 28.7 Å². The SMILES string of the molecule is CCCC(c1cc(F)c(F)c(F)c1F)C(C)(C)C. The highest BCUT2D eigenvalue weighted by molar-refractivity contribution is 5.26. The van der Waals surface area contributed by atoms with Crippen molar-refractivity contribution in [2.45, 2.75) is 46.5 Å². The molecular formula is C14H18F4. The summed E-state index contributed by atoms with van der Waals surface area (Å²) in [6, 6.07) is 0.777. The quantitative estimate of drug-likeness (QED) is 0.400. The zero-order valence-electron chi connectivity index (χ0n) is 11.1. The predicted molar refractivity (Wildman–Crippen MR) is 63.4 cm³/mol. The Bertz CT molecular complexity index is 432. The van der Waals surface area contributed by atoms with Gasteiger partial charge in [-0.25, -0.2) is 17.6 Å². The van der Waals surface area contributed by atoms with Gasteiger partial charge in [0.25, 0.3) is 0 Å². The molecule has 0 N–H and O–H groups in total. The second kappa shape index (κ2) is 5.29. The molecule has 0 nitrogen and oxygen atoms in total. The van der Waals surface area contributed by atoms with Gasteiger partial charge in [0.05, 0.1) is 0 Å². The minimum Gasteiger partial charge on any atom is -0.204 e. The molecule has 1 atom stereocenters. The first-order valence-corrected chi connectivity index (χ1v) is 6.03. The van der Waals surface area contributed by atoms with Gasteiger partial charge in [0.1, 0.15) is 0 Å². The fourth-order valence-electron chi connectivity index (χ4n) is 2.19. The molecular weight excluding hydrogens is 244 g/mol. The van der Waals surface area contributed by atoms with E-state index >= 15 is 0 Å². The van der Waals surface area contributed by atoms with Crippen molar-refractivity contribution >= 4 is 0 Å². The van der Waals surface area contributed by atoms with Crippen LogP contribution in [0.3, 0.4) is 0 Å². The summed E-state index contributed by atoms with van der Waals surface area (Å²) < 4.78 is 53.2. The molecule has 0 aliphatic heterocycles. The molecule has 0 bridgehead atoms. The van der Waals surface area contributed by atoms with Crippen LogP contribution in [0.4, 0.5) is 17.6 Å². The third kappa shape index (κ3) is 2.85. The van der Waals surface area contributed by atoms with Gasteiger partial charge < -0.3 is 0 Å². The van der Waals surface area contributed by atoms with E-state index in [-0.39, 0.29) is 16.9 Å². The lowest BCUT2D eigenvalue weighted by atomic mass is 9.74. The topological polar surface area (TPSA) is 0 Å². The lowest BCUT2D eigenvalue weighted by molar-refractivity contribution is 0.288. The van der Waals surface area contributed by atoms with Crippen LogP contribution >= 0.6 is 0 Å². The molecule has 0 aromatic heterocycles. The number of halogens is 4. The fourth-order valence-corrected chi connectivity index (χ4v) is 2.19. The molecule has 1 unspecified atom stereocenters. The van der Waals surface area contributed by atoms with Gasteiger partial charge in [0, 0.05) is 0 Å². The Kier molecular flexibility index (Phi) is 4.41. The van der Waals surface area contributed by atoms with E-state index < -0.39 is 23.3 Å². The highest BCUT2D eigenvalue weighted by Crippen LogP contribution is 2.40. The van der Waals surface area contributed by atoms with Crippen molar-refractivity contribution in [1.29, 1.82) is 0 Å². The molecule has 4 heteroatoms. The Balaban J connectivity index is 3.38. The maximum absolute atomic E-state index is 13.8. The molecule has 1 rings (SSSR count). The fraction of sp³-hybridized carbons (Fsp3) is 0.571. The van der Waals surface area contributed by atoms with Crippen LogP contribution in [0.15, 0.2) is 6.07 Å². The Morgan fingerprint density at radius 1 is 1.00 bits per heavy atom. The van der Waals surface area contributed by atoms with Crippen molar-refractivity contribution in [3.05, 3.63) is 34.9 Å². The maximum atomic E-state index is 13.8. The standard InChI is InChI=1S/C14H18F4/c1-5-6-9(14(2,3)4)8-7-10(15)12(17)13(18)11(8)16/h7,9H,5-6H2,1-4H3. The largest absolute Gasteiger partial charge is 0.204 e. The summed E-state index contributed by atoms with van der Waals surface area (Å²) in [6.45, 7) is 7.51. The van der Waals surface area contributed by atoms with Crippen molar-refractivity contribution in [1.82, 2.24) is 0 Å². The van der Waals surface area contributed by atoms with Crippen LogP contribution in [-0.2, 0) is 0 Å². The summed E-state index contributed by atoms with van der Waals surface area (Å²) in [7, 11) is 0. The summed E-state index contributed by atoms with van der Waals surface area (Å²) in [5, 5.41) is 0. The Morgan fingerprint density at radius 2 is 1.56 bits per heavy atom. The molecule has 102 valence electrons. The molecule has 1 aromatic carbocycles. The molecule has 0 saturated carbocycles. The number of hydrogen-bond acceptors (Lipinski definition) is 0. The first kappa shape index (κ1) is 15.0. The van der Waals surface area contributed by atoms with Crippen molar-refractivity contribution in [3.63, 3.8) is 0 Å². The summed E-state index contributed by atoms with van der Waals surface area (Å²) in [4.78, 5) is 0. The van der Waals surface area contributed by atoms with Crippen molar-refractivity contribution < 1.29 is 17.6 Å². The molecule has 0 aliphatic rings. The van der Waals surface area contributed by atoms with Crippen LogP contribution in [0.1, 0.15) is 52.0 Å². The Morgan fingerprint density at radius 3 is 2.00 bits per heavy atom. The second-order valence-electron chi connectivity index (χ2n) is 5.60. The lowest BCUT2D eigenvalue weighted by Crippen LogP contribution is -2.20. The van der Waals surface area contributed by atoms with Gasteiger partial charge in [-0.2, -0.15) is 0 Å². The van der Waals surface area contributed by atoms with Gasteiger partial charge in [0.2, 0.25) is 0 Å². The van der Waals surface area contributed by atoms with Crippen molar-refractivity contribution in [3.8, 4) is 0 Å². The van der Waals surface area contributed by atoms with Gasteiger partial charge in [-0.1, -0.05) is 34.1 Å². The third-order valence-electron chi connectivity index (χ3n) is 3.13. The van der Waals surface area contributed by atoms with E-state index in [2.05, 4.69) is 0 Å². The van der Waals surface area contributed by atoms with Gasteiger partial charge in [-0.3, -0.25) is 0 Å². The monoisotopic (exact) mass is 262 g/mol. The Labute approximate surface area is 105 Å². The zero-order valence-corrected chi connectivity index (χ0v) is 11.1. The van der Waals surface area contributed by atoms with Gasteiger partial charge in [-0.15, -0.1) is 0 Å². The van der Waals surface area contributed by atoms with E-state index in [1.807, 2.05) is 27.7 Å². The van der Waals surface area contributed by atoms with Gasteiger partial charge in [-0.05, 0) is 29.4 Å². The summed E-state index contributed by atoms with van der Waals surface area (Å²) in [5.74, 6) is -6.45. The molecule has 1 aromatic rings. The van der Waals surface area contributed by atoms with Crippen LogP contribution < -0.4 is 0 Å². The molecule has 0 fully saturated rings. The molecule has 0 spiro atoms. The van der Waals surface area contributed by atoms with Crippen LogP contribution in [-0.4, -0.2) is 0 Å². The van der Waals surface area contributed by atoms with E-state index in [0.717, 1.165) is 12.5 Å². The third-order valence-corrected chi connectivity index (χ3v) is 3.13. The summed E-state index contributed by atoms with van der Waals surface area (Å²) in [5.41, 5.74) is -0.436. The minimum absolute atomic E-state index is 0.0826. The predicted octanol–water partition coefficient (Wildman–Crippen LogP) is 5.17. The second-order valence-corrected chi connectivity index (χ2v) is 5.60.